The highest BCUT2D eigenvalue weighted by atomic mass is 19.1. The fourth-order valence-corrected chi connectivity index (χ4v) is 1.89. The Kier molecular flexibility index (Phi) is 4.41. The number of aromatic nitrogens is 2. The SMILES string of the molecule is NCCCCc1ncc(-c2ccc(F)c([N+](=O)[O-])c2)[nH]1. The lowest BCUT2D eigenvalue weighted by atomic mass is 10.1. The topological polar surface area (TPSA) is 97.8 Å². The maximum absolute atomic E-state index is 13.3. The Hall–Kier alpha value is -2.28. The molecule has 0 saturated heterocycles. The smallest absolute Gasteiger partial charge is 0.305 e. The van der Waals surface area contributed by atoms with E-state index in [1.54, 1.807) is 6.20 Å². The molecule has 0 aliphatic carbocycles. The molecule has 2 rings (SSSR count). The van der Waals surface area contributed by atoms with Crippen LogP contribution in [-0.4, -0.2) is 21.4 Å². The van der Waals surface area contributed by atoms with Gasteiger partial charge in [0.05, 0.1) is 16.8 Å². The number of hydrogen-bond acceptors (Lipinski definition) is 4. The number of aromatic amines is 1. The lowest BCUT2D eigenvalue weighted by molar-refractivity contribution is -0.387. The summed E-state index contributed by atoms with van der Waals surface area (Å²) in [5, 5.41) is 10.7. The van der Waals surface area contributed by atoms with E-state index < -0.39 is 16.4 Å². The number of nitro groups is 1. The van der Waals surface area contributed by atoms with Crippen molar-refractivity contribution in [1.29, 1.82) is 0 Å². The van der Waals surface area contributed by atoms with Crippen molar-refractivity contribution in [3.05, 3.63) is 46.2 Å². The van der Waals surface area contributed by atoms with Gasteiger partial charge in [-0.3, -0.25) is 10.1 Å². The van der Waals surface area contributed by atoms with E-state index in [9.17, 15) is 14.5 Å². The van der Waals surface area contributed by atoms with Gasteiger partial charge in [-0.05, 0) is 31.5 Å². The molecular formula is C13H15FN4O2. The average molecular weight is 278 g/mol. The van der Waals surface area contributed by atoms with Crippen LogP contribution in [0.5, 0.6) is 0 Å². The van der Waals surface area contributed by atoms with Crippen LogP contribution in [0.4, 0.5) is 10.1 Å². The van der Waals surface area contributed by atoms with Crippen molar-refractivity contribution in [2.24, 2.45) is 5.73 Å². The number of nitrogens with zero attached hydrogens (tertiary/aromatic N) is 2. The van der Waals surface area contributed by atoms with Crippen LogP contribution in [0, 0.1) is 15.9 Å². The quantitative estimate of drug-likeness (QED) is 0.481. The summed E-state index contributed by atoms with van der Waals surface area (Å²) in [6.07, 6.45) is 4.19. The van der Waals surface area contributed by atoms with Crippen molar-refractivity contribution >= 4 is 5.69 Å². The van der Waals surface area contributed by atoms with Crippen molar-refractivity contribution in [3.63, 3.8) is 0 Å². The summed E-state index contributed by atoms with van der Waals surface area (Å²) in [6.45, 7) is 0.637. The van der Waals surface area contributed by atoms with Crippen LogP contribution in [0.1, 0.15) is 18.7 Å². The number of nitrogens with one attached hydrogen (secondary N) is 1. The molecule has 106 valence electrons. The highest BCUT2D eigenvalue weighted by molar-refractivity contribution is 5.62. The summed E-state index contributed by atoms with van der Waals surface area (Å²) in [7, 11) is 0. The van der Waals surface area contributed by atoms with Gasteiger partial charge in [0.15, 0.2) is 0 Å². The molecule has 0 aliphatic heterocycles. The van der Waals surface area contributed by atoms with Crippen molar-refractivity contribution in [3.8, 4) is 11.3 Å². The predicted octanol–water partition coefficient (Wildman–Crippen LogP) is 2.41. The third-order valence-corrected chi connectivity index (χ3v) is 2.95. The molecule has 0 saturated carbocycles. The van der Waals surface area contributed by atoms with Crippen LogP contribution in [0.3, 0.4) is 0 Å². The van der Waals surface area contributed by atoms with Crippen LogP contribution in [0.25, 0.3) is 11.3 Å². The molecule has 3 N–H and O–H groups in total. The van der Waals surface area contributed by atoms with Crippen molar-refractivity contribution < 1.29 is 9.31 Å². The molecule has 1 aromatic carbocycles. The lowest BCUT2D eigenvalue weighted by Crippen LogP contribution is -1.99. The highest BCUT2D eigenvalue weighted by Crippen LogP contribution is 2.25. The Bertz CT molecular complexity index is 612. The zero-order chi connectivity index (χ0) is 14.5. The number of rotatable bonds is 6. The highest BCUT2D eigenvalue weighted by Gasteiger charge is 2.15. The van der Waals surface area contributed by atoms with Gasteiger partial charge >= 0.3 is 5.69 Å². The third-order valence-electron chi connectivity index (χ3n) is 2.95. The Morgan fingerprint density at radius 2 is 2.20 bits per heavy atom. The number of hydrogen-bond donors (Lipinski definition) is 2. The second-order valence-corrected chi connectivity index (χ2v) is 4.41. The molecule has 0 amide bonds. The molecule has 0 unspecified atom stereocenters. The molecule has 2 aromatic rings. The predicted molar refractivity (Wildman–Crippen MR) is 72.6 cm³/mol. The standard InChI is InChI=1S/C13H15FN4O2/c14-10-5-4-9(7-12(10)18(19)20)11-8-16-13(17-11)3-1-2-6-15/h4-5,7-8H,1-3,6,15H2,(H,16,17). The van der Waals surface area contributed by atoms with Crippen molar-refractivity contribution in [1.82, 2.24) is 9.97 Å². The molecule has 0 fully saturated rings. The van der Waals surface area contributed by atoms with E-state index in [0.29, 0.717) is 17.8 Å². The molecule has 0 radical (unpaired) electrons. The maximum Gasteiger partial charge on any atom is 0.305 e. The van der Waals surface area contributed by atoms with Crippen LogP contribution in [0.15, 0.2) is 24.4 Å². The monoisotopic (exact) mass is 278 g/mol. The number of benzene rings is 1. The number of unbranched alkanes of at least 4 members (excludes halogenated alkanes) is 1. The molecular weight excluding hydrogens is 263 g/mol. The Balaban J connectivity index is 2.19. The van der Waals surface area contributed by atoms with E-state index in [1.165, 1.54) is 12.1 Å². The largest absolute Gasteiger partial charge is 0.342 e. The first kappa shape index (κ1) is 14.1. The van der Waals surface area contributed by atoms with Gasteiger partial charge in [0.1, 0.15) is 5.82 Å². The van der Waals surface area contributed by atoms with E-state index >= 15 is 0 Å². The molecule has 1 aromatic heterocycles. The van der Waals surface area contributed by atoms with E-state index in [-0.39, 0.29) is 0 Å². The first-order chi connectivity index (χ1) is 9.61. The van der Waals surface area contributed by atoms with Gasteiger partial charge in [-0.2, -0.15) is 4.39 Å². The van der Waals surface area contributed by atoms with Crippen LogP contribution in [-0.2, 0) is 6.42 Å². The molecule has 0 atom stereocenters. The fourth-order valence-electron chi connectivity index (χ4n) is 1.89. The number of halogens is 1. The normalized spacial score (nSPS) is 10.7. The fraction of sp³-hybridized carbons (Fsp3) is 0.308. The molecule has 7 heteroatoms. The number of imidazole rings is 1. The van der Waals surface area contributed by atoms with Gasteiger partial charge in [-0.15, -0.1) is 0 Å². The zero-order valence-corrected chi connectivity index (χ0v) is 10.8. The summed E-state index contributed by atoms with van der Waals surface area (Å²) in [6, 6.07) is 3.77. The Morgan fingerprint density at radius 1 is 1.40 bits per heavy atom. The first-order valence-electron chi connectivity index (χ1n) is 6.30. The lowest BCUT2D eigenvalue weighted by Gasteiger charge is -1.99. The van der Waals surface area contributed by atoms with Gasteiger partial charge in [0.25, 0.3) is 0 Å². The summed E-state index contributed by atoms with van der Waals surface area (Å²) < 4.78 is 13.3. The zero-order valence-electron chi connectivity index (χ0n) is 10.8. The maximum atomic E-state index is 13.3. The van der Waals surface area contributed by atoms with Gasteiger partial charge in [-0.1, -0.05) is 0 Å². The second kappa shape index (κ2) is 6.25. The minimum Gasteiger partial charge on any atom is -0.342 e. The van der Waals surface area contributed by atoms with E-state index in [0.717, 1.165) is 31.2 Å². The molecule has 1 heterocycles. The number of H-pyrrole nitrogens is 1. The number of nitrogens with two attached hydrogens (primary N) is 1. The van der Waals surface area contributed by atoms with Crippen LogP contribution < -0.4 is 5.73 Å². The third kappa shape index (κ3) is 3.18. The Morgan fingerprint density at radius 3 is 2.90 bits per heavy atom. The van der Waals surface area contributed by atoms with E-state index in [4.69, 9.17) is 5.73 Å². The number of nitro benzene ring substituents is 1. The minimum absolute atomic E-state index is 0.538. The van der Waals surface area contributed by atoms with Gasteiger partial charge in [-0.25, -0.2) is 4.98 Å². The van der Waals surface area contributed by atoms with Crippen LogP contribution in [0.2, 0.25) is 0 Å². The van der Waals surface area contributed by atoms with E-state index in [1.807, 2.05) is 0 Å². The summed E-state index contributed by atoms with van der Waals surface area (Å²) in [5.41, 5.74) is 6.05. The summed E-state index contributed by atoms with van der Waals surface area (Å²) in [5.74, 6) is -0.0538. The average Bonchev–Trinajstić information content (AvgIpc) is 2.88. The molecule has 20 heavy (non-hydrogen) atoms. The summed E-state index contributed by atoms with van der Waals surface area (Å²) in [4.78, 5) is 17.3. The van der Waals surface area contributed by atoms with Crippen LogP contribution >= 0.6 is 0 Å². The number of aryl methyl sites for hydroxylation is 1. The first-order valence-corrected chi connectivity index (χ1v) is 6.30. The van der Waals surface area contributed by atoms with Crippen molar-refractivity contribution in [2.75, 3.05) is 6.54 Å². The summed E-state index contributed by atoms with van der Waals surface area (Å²) >= 11 is 0. The van der Waals surface area contributed by atoms with Gasteiger partial charge < -0.3 is 10.7 Å². The minimum atomic E-state index is -0.846. The van der Waals surface area contributed by atoms with Gasteiger partial charge in [0.2, 0.25) is 5.82 Å². The van der Waals surface area contributed by atoms with Gasteiger partial charge in [0, 0.05) is 18.1 Å². The molecule has 6 nitrogen and oxygen atoms in total. The second-order valence-electron chi connectivity index (χ2n) is 4.41. The Labute approximate surface area is 115 Å². The molecule has 0 aliphatic rings. The molecule has 0 bridgehead atoms. The van der Waals surface area contributed by atoms with E-state index in [2.05, 4.69) is 9.97 Å². The van der Waals surface area contributed by atoms with Crippen molar-refractivity contribution in [2.45, 2.75) is 19.3 Å². The molecule has 0 spiro atoms.